The molecule has 0 radical (unpaired) electrons. The molecule has 4 saturated carbocycles. The molecule has 1 unspecified atom stereocenters. The normalized spacial score (nSPS) is 39.8. The Morgan fingerprint density at radius 1 is 1.15 bits per heavy atom. The predicted molar refractivity (Wildman–Crippen MR) is 80.1 cm³/mol. The lowest BCUT2D eigenvalue weighted by Gasteiger charge is -2.59. The van der Waals surface area contributed by atoms with E-state index in [-0.39, 0.29) is 0 Å². The van der Waals surface area contributed by atoms with E-state index in [1.165, 1.54) is 38.5 Å². The molecule has 1 aromatic heterocycles. The SMILES string of the molecule is CC(Nc1cncc(N)n1)C12CC3CC(CC(C3)C1)C2. The summed E-state index contributed by atoms with van der Waals surface area (Å²) in [5.41, 5.74) is 6.21. The van der Waals surface area contributed by atoms with Gasteiger partial charge in [-0.1, -0.05) is 0 Å². The highest BCUT2D eigenvalue weighted by Crippen LogP contribution is 2.61. The van der Waals surface area contributed by atoms with E-state index >= 15 is 0 Å². The molecule has 1 atom stereocenters. The zero-order chi connectivity index (χ0) is 13.7. The van der Waals surface area contributed by atoms with Gasteiger partial charge in [0.2, 0.25) is 0 Å². The first-order valence-corrected chi connectivity index (χ1v) is 7.97. The van der Waals surface area contributed by atoms with Crippen LogP contribution in [0.15, 0.2) is 12.4 Å². The lowest BCUT2D eigenvalue weighted by atomic mass is 9.48. The van der Waals surface area contributed by atoms with E-state index in [9.17, 15) is 0 Å². The van der Waals surface area contributed by atoms with Crippen molar-refractivity contribution in [1.29, 1.82) is 0 Å². The van der Waals surface area contributed by atoms with Crippen molar-refractivity contribution in [2.45, 2.75) is 51.5 Å². The summed E-state index contributed by atoms with van der Waals surface area (Å²) in [6.07, 6.45) is 12.1. The zero-order valence-electron chi connectivity index (χ0n) is 12.2. The molecular formula is C16H24N4. The van der Waals surface area contributed by atoms with Gasteiger partial charge in [0, 0.05) is 6.04 Å². The highest BCUT2D eigenvalue weighted by atomic mass is 15.1. The first kappa shape index (κ1) is 12.4. The van der Waals surface area contributed by atoms with Crippen LogP contribution in [0.3, 0.4) is 0 Å². The molecule has 3 N–H and O–H groups in total. The fraction of sp³-hybridized carbons (Fsp3) is 0.750. The second-order valence-electron chi connectivity index (χ2n) is 7.48. The van der Waals surface area contributed by atoms with E-state index < -0.39 is 0 Å². The van der Waals surface area contributed by atoms with Crippen LogP contribution in [-0.4, -0.2) is 16.0 Å². The molecule has 0 saturated heterocycles. The number of hydrogen-bond donors (Lipinski definition) is 2. The van der Waals surface area contributed by atoms with Crippen LogP contribution < -0.4 is 11.1 Å². The number of anilines is 2. The maximum Gasteiger partial charge on any atom is 0.147 e. The van der Waals surface area contributed by atoms with Gasteiger partial charge in [-0.15, -0.1) is 0 Å². The summed E-state index contributed by atoms with van der Waals surface area (Å²) >= 11 is 0. The standard InChI is InChI=1S/C16H24N4/c1-10(19-15-9-18-8-14(17)20-15)16-5-11-2-12(6-16)4-13(3-11)7-16/h8-13H,2-7H2,1H3,(H3,17,19,20). The molecule has 0 aliphatic heterocycles. The second-order valence-corrected chi connectivity index (χ2v) is 7.48. The number of nitrogen functional groups attached to an aromatic ring is 1. The van der Waals surface area contributed by atoms with Gasteiger partial charge in [-0.3, -0.25) is 4.98 Å². The van der Waals surface area contributed by atoms with Crippen LogP contribution in [-0.2, 0) is 0 Å². The molecule has 4 heteroatoms. The van der Waals surface area contributed by atoms with Crippen molar-refractivity contribution in [3.05, 3.63) is 12.4 Å². The second kappa shape index (κ2) is 4.34. The van der Waals surface area contributed by atoms with Gasteiger partial charge in [-0.05, 0) is 68.6 Å². The summed E-state index contributed by atoms with van der Waals surface area (Å²) in [6, 6.07) is 0.465. The maximum atomic E-state index is 5.73. The lowest BCUT2D eigenvalue weighted by Crippen LogP contribution is -2.53. The van der Waals surface area contributed by atoms with Crippen molar-refractivity contribution in [3.8, 4) is 0 Å². The van der Waals surface area contributed by atoms with Crippen LogP contribution in [0.1, 0.15) is 45.4 Å². The number of nitrogens with one attached hydrogen (secondary N) is 1. The van der Waals surface area contributed by atoms with Crippen molar-refractivity contribution in [2.24, 2.45) is 23.2 Å². The number of aromatic nitrogens is 2. The predicted octanol–water partition coefficient (Wildman–Crippen LogP) is 3.08. The summed E-state index contributed by atoms with van der Waals surface area (Å²) in [6.45, 7) is 2.33. The molecular weight excluding hydrogens is 248 g/mol. The Bertz CT molecular complexity index is 478. The molecule has 1 heterocycles. The molecule has 0 spiro atoms. The Kier molecular flexibility index (Phi) is 2.69. The summed E-state index contributed by atoms with van der Waals surface area (Å²) < 4.78 is 0. The van der Waals surface area contributed by atoms with Crippen molar-refractivity contribution < 1.29 is 0 Å². The molecule has 4 aliphatic rings. The monoisotopic (exact) mass is 272 g/mol. The third-order valence-corrected chi connectivity index (χ3v) is 6.02. The summed E-state index contributed by atoms with van der Waals surface area (Å²) in [5, 5.41) is 3.59. The van der Waals surface area contributed by atoms with E-state index in [1.807, 2.05) is 0 Å². The quantitative estimate of drug-likeness (QED) is 0.887. The topological polar surface area (TPSA) is 63.8 Å². The minimum Gasteiger partial charge on any atom is -0.382 e. The Morgan fingerprint density at radius 2 is 1.75 bits per heavy atom. The summed E-state index contributed by atoms with van der Waals surface area (Å²) in [7, 11) is 0. The molecule has 4 bridgehead atoms. The summed E-state index contributed by atoms with van der Waals surface area (Å²) in [5.74, 6) is 4.27. The van der Waals surface area contributed by atoms with E-state index in [2.05, 4.69) is 22.2 Å². The van der Waals surface area contributed by atoms with Crippen molar-refractivity contribution in [1.82, 2.24) is 9.97 Å². The van der Waals surface area contributed by atoms with Gasteiger partial charge < -0.3 is 11.1 Å². The van der Waals surface area contributed by atoms with Crippen molar-refractivity contribution in [3.63, 3.8) is 0 Å². The van der Waals surface area contributed by atoms with Crippen LogP contribution in [0, 0.1) is 23.2 Å². The lowest BCUT2D eigenvalue weighted by molar-refractivity contribution is -0.0603. The smallest absolute Gasteiger partial charge is 0.147 e. The average molecular weight is 272 g/mol. The molecule has 0 amide bonds. The van der Waals surface area contributed by atoms with Gasteiger partial charge in [-0.2, -0.15) is 0 Å². The van der Waals surface area contributed by atoms with Gasteiger partial charge in [0.05, 0.1) is 12.4 Å². The Morgan fingerprint density at radius 3 is 2.30 bits per heavy atom. The Labute approximate surface area is 120 Å². The average Bonchev–Trinajstić information content (AvgIpc) is 2.37. The van der Waals surface area contributed by atoms with Crippen LogP contribution in [0.2, 0.25) is 0 Å². The van der Waals surface area contributed by atoms with Crippen molar-refractivity contribution >= 4 is 11.6 Å². The van der Waals surface area contributed by atoms with Gasteiger partial charge in [0.25, 0.3) is 0 Å². The number of nitrogens with two attached hydrogens (primary N) is 1. The molecule has 20 heavy (non-hydrogen) atoms. The van der Waals surface area contributed by atoms with E-state index in [0.29, 0.717) is 17.3 Å². The van der Waals surface area contributed by atoms with Gasteiger partial charge in [-0.25, -0.2) is 4.98 Å². The summed E-state index contributed by atoms with van der Waals surface area (Å²) in [4.78, 5) is 8.48. The molecule has 4 nitrogen and oxygen atoms in total. The van der Waals surface area contributed by atoms with Crippen molar-refractivity contribution in [2.75, 3.05) is 11.1 Å². The molecule has 108 valence electrons. The zero-order valence-corrected chi connectivity index (χ0v) is 12.2. The minimum atomic E-state index is 0.465. The minimum absolute atomic E-state index is 0.465. The van der Waals surface area contributed by atoms with Crippen LogP contribution in [0.25, 0.3) is 0 Å². The van der Waals surface area contributed by atoms with E-state index in [1.54, 1.807) is 12.4 Å². The fourth-order valence-electron chi connectivity index (χ4n) is 5.53. The van der Waals surface area contributed by atoms with Gasteiger partial charge in [0.1, 0.15) is 11.6 Å². The first-order chi connectivity index (χ1) is 9.63. The maximum absolute atomic E-state index is 5.73. The first-order valence-electron chi connectivity index (χ1n) is 7.97. The number of nitrogens with zero attached hydrogens (tertiary/aromatic N) is 2. The Balaban J connectivity index is 1.54. The van der Waals surface area contributed by atoms with E-state index in [0.717, 1.165) is 23.6 Å². The van der Waals surface area contributed by atoms with Gasteiger partial charge >= 0.3 is 0 Å². The number of rotatable bonds is 3. The highest BCUT2D eigenvalue weighted by Gasteiger charge is 2.53. The number of hydrogen-bond acceptors (Lipinski definition) is 4. The molecule has 4 fully saturated rings. The fourth-order valence-corrected chi connectivity index (χ4v) is 5.53. The molecule has 0 aromatic carbocycles. The van der Waals surface area contributed by atoms with Crippen LogP contribution in [0.4, 0.5) is 11.6 Å². The Hall–Kier alpha value is -1.32. The highest BCUT2D eigenvalue weighted by molar-refractivity contribution is 5.39. The largest absolute Gasteiger partial charge is 0.382 e. The van der Waals surface area contributed by atoms with E-state index in [4.69, 9.17) is 5.73 Å². The third kappa shape index (κ3) is 1.97. The molecule has 5 rings (SSSR count). The van der Waals surface area contributed by atoms with Gasteiger partial charge in [0.15, 0.2) is 0 Å². The van der Waals surface area contributed by atoms with Crippen LogP contribution >= 0.6 is 0 Å². The third-order valence-electron chi connectivity index (χ3n) is 6.02. The molecule has 4 aliphatic carbocycles. The molecule has 1 aromatic rings. The van der Waals surface area contributed by atoms with Crippen LogP contribution in [0.5, 0.6) is 0 Å².